The van der Waals surface area contributed by atoms with Gasteiger partial charge >= 0.3 is 5.97 Å². The van der Waals surface area contributed by atoms with Crippen LogP contribution in [0.25, 0.3) is 0 Å². The minimum absolute atomic E-state index is 0.203. The number of aromatic nitrogens is 1. The van der Waals surface area contributed by atoms with Gasteiger partial charge in [-0.2, -0.15) is 4.37 Å². The van der Waals surface area contributed by atoms with Crippen LogP contribution in [0.4, 0.5) is 0 Å². The highest BCUT2D eigenvalue weighted by Gasteiger charge is 2.08. The Morgan fingerprint density at radius 2 is 2.29 bits per heavy atom. The summed E-state index contributed by atoms with van der Waals surface area (Å²) >= 11 is 6.74. The van der Waals surface area contributed by atoms with Crippen molar-refractivity contribution in [1.82, 2.24) is 4.37 Å². The van der Waals surface area contributed by atoms with Crippen LogP contribution in [-0.4, -0.2) is 15.4 Å². The number of carboxylic acid groups (broad SMARTS) is 1. The molecule has 1 aromatic heterocycles. The van der Waals surface area contributed by atoms with Gasteiger partial charge in [0.05, 0.1) is 5.69 Å². The zero-order chi connectivity index (χ0) is 12.3. The summed E-state index contributed by atoms with van der Waals surface area (Å²) in [5.41, 5.74) is 0.590. The van der Waals surface area contributed by atoms with E-state index in [0.29, 0.717) is 16.5 Å². The van der Waals surface area contributed by atoms with E-state index in [2.05, 4.69) is 4.37 Å². The maximum Gasteiger partial charge on any atom is 0.347 e. The van der Waals surface area contributed by atoms with Gasteiger partial charge in [0.1, 0.15) is 17.2 Å². The van der Waals surface area contributed by atoms with E-state index in [-0.39, 0.29) is 11.5 Å². The van der Waals surface area contributed by atoms with E-state index < -0.39 is 5.97 Å². The van der Waals surface area contributed by atoms with Crippen molar-refractivity contribution in [3.8, 4) is 5.75 Å². The van der Waals surface area contributed by atoms with Crippen LogP contribution in [0.5, 0.6) is 5.75 Å². The molecule has 2 aromatic rings. The molecule has 0 radical (unpaired) electrons. The molecule has 0 saturated carbocycles. The van der Waals surface area contributed by atoms with Crippen molar-refractivity contribution >= 4 is 29.1 Å². The quantitative estimate of drug-likeness (QED) is 0.927. The van der Waals surface area contributed by atoms with Crippen molar-refractivity contribution in [1.29, 1.82) is 0 Å². The molecule has 0 aliphatic carbocycles. The molecular formula is C11H8ClNO3S. The number of carboxylic acids is 1. The topological polar surface area (TPSA) is 59.4 Å². The van der Waals surface area contributed by atoms with Crippen molar-refractivity contribution in [2.75, 3.05) is 0 Å². The molecule has 0 aliphatic heterocycles. The Balaban J connectivity index is 2.00. The predicted octanol–water partition coefficient (Wildman–Crippen LogP) is 3.07. The summed E-state index contributed by atoms with van der Waals surface area (Å²) in [6, 6.07) is 8.49. The van der Waals surface area contributed by atoms with Gasteiger partial charge in [-0.3, -0.25) is 0 Å². The number of carbonyl (C=O) groups is 1. The Bertz CT molecular complexity index is 541. The third kappa shape index (κ3) is 3.18. The van der Waals surface area contributed by atoms with Crippen LogP contribution in [-0.2, 0) is 6.61 Å². The predicted molar refractivity (Wildman–Crippen MR) is 64.9 cm³/mol. The highest BCUT2D eigenvalue weighted by molar-refractivity contribution is 7.08. The summed E-state index contributed by atoms with van der Waals surface area (Å²) in [5, 5.41) is 9.32. The molecule has 0 spiro atoms. The van der Waals surface area contributed by atoms with Crippen molar-refractivity contribution < 1.29 is 14.6 Å². The Hall–Kier alpha value is -1.59. The monoisotopic (exact) mass is 269 g/mol. The first-order chi connectivity index (χ1) is 8.15. The van der Waals surface area contributed by atoms with E-state index in [9.17, 15) is 4.79 Å². The SMILES string of the molecule is O=C(O)c1cc(COc2cccc(Cl)c2)ns1. The third-order valence-corrected chi connectivity index (χ3v) is 3.00. The van der Waals surface area contributed by atoms with Crippen molar-refractivity contribution in [3.63, 3.8) is 0 Å². The summed E-state index contributed by atoms with van der Waals surface area (Å²) in [6.07, 6.45) is 0. The van der Waals surface area contributed by atoms with Crippen molar-refractivity contribution in [3.05, 3.63) is 45.9 Å². The normalized spacial score (nSPS) is 10.2. The van der Waals surface area contributed by atoms with Crippen LogP contribution >= 0.6 is 23.1 Å². The molecule has 4 nitrogen and oxygen atoms in total. The zero-order valence-electron chi connectivity index (χ0n) is 8.59. The lowest BCUT2D eigenvalue weighted by Gasteiger charge is -2.03. The summed E-state index contributed by atoms with van der Waals surface area (Å²) < 4.78 is 9.41. The lowest BCUT2D eigenvalue weighted by molar-refractivity contribution is 0.0702. The molecule has 0 bridgehead atoms. The van der Waals surface area contributed by atoms with Gasteiger partial charge in [-0.1, -0.05) is 17.7 Å². The van der Waals surface area contributed by atoms with Gasteiger partial charge in [-0.25, -0.2) is 4.79 Å². The van der Waals surface area contributed by atoms with Crippen LogP contribution < -0.4 is 4.74 Å². The first kappa shape index (κ1) is 11.9. The second kappa shape index (κ2) is 5.16. The standard InChI is InChI=1S/C11H8ClNO3S/c12-7-2-1-3-9(4-7)16-6-8-5-10(11(14)15)17-13-8/h1-5H,6H2,(H,14,15). The Labute approximate surface area is 107 Å². The molecule has 0 unspecified atom stereocenters. The fraction of sp³-hybridized carbons (Fsp3) is 0.0909. The zero-order valence-corrected chi connectivity index (χ0v) is 10.2. The molecule has 88 valence electrons. The number of hydrogen-bond acceptors (Lipinski definition) is 4. The van der Waals surface area contributed by atoms with E-state index in [1.165, 1.54) is 6.07 Å². The summed E-state index contributed by atoms with van der Waals surface area (Å²) in [6.45, 7) is 0.226. The molecule has 6 heteroatoms. The van der Waals surface area contributed by atoms with E-state index in [1.54, 1.807) is 24.3 Å². The minimum Gasteiger partial charge on any atom is -0.487 e. The highest BCUT2D eigenvalue weighted by atomic mass is 35.5. The van der Waals surface area contributed by atoms with Crippen LogP contribution in [0.3, 0.4) is 0 Å². The second-order valence-electron chi connectivity index (χ2n) is 3.23. The molecule has 0 atom stereocenters. The average Bonchev–Trinajstić information content (AvgIpc) is 2.75. The van der Waals surface area contributed by atoms with Crippen LogP contribution in [0.15, 0.2) is 30.3 Å². The number of ether oxygens (including phenoxy) is 1. The number of rotatable bonds is 4. The van der Waals surface area contributed by atoms with Gasteiger partial charge < -0.3 is 9.84 Å². The molecule has 0 amide bonds. The second-order valence-corrected chi connectivity index (χ2v) is 4.48. The van der Waals surface area contributed by atoms with Crippen molar-refractivity contribution in [2.24, 2.45) is 0 Å². The smallest absolute Gasteiger partial charge is 0.347 e. The van der Waals surface area contributed by atoms with E-state index in [0.717, 1.165) is 11.5 Å². The number of halogens is 1. The Morgan fingerprint density at radius 3 is 2.94 bits per heavy atom. The van der Waals surface area contributed by atoms with Gasteiger partial charge in [0, 0.05) is 5.02 Å². The van der Waals surface area contributed by atoms with E-state index in [4.69, 9.17) is 21.4 Å². The molecule has 2 rings (SSSR count). The van der Waals surface area contributed by atoms with E-state index in [1.807, 2.05) is 0 Å². The number of hydrogen-bond donors (Lipinski definition) is 1. The molecule has 1 heterocycles. The van der Waals surface area contributed by atoms with Crippen LogP contribution in [0, 0.1) is 0 Å². The molecule has 1 N–H and O–H groups in total. The average molecular weight is 270 g/mol. The maximum absolute atomic E-state index is 10.6. The molecule has 0 fully saturated rings. The summed E-state index contributed by atoms with van der Waals surface area (Å²) in [4.78, 5) is 10.8. The lowest BCUT2D eigenvalue weighted by atomic mass is 10.3. The summed E-state index contributed by atoms with van der Waals surface area (Å²) in [7, 11) is 0. The van der Waals surface area contributed by atoms with Gasteiger partial charge in [0.25, 0.3) is 0 Å². The number of nitrogens with zero attached hydrogens (tertiary/aromatic N) is 1. The summed E-state index contributed by atoms with van der Waals surface area (Å²) in [5.74, 6) is -0.348. The largest absolute Gasteiger partial charge is 0.487 e. The van der Waals surface area contributed by atoms with Gasteiger partial charge in [0.15, 0.2) is 0 Å². The van der Waals surface area contributed by atoms with Gasteiger partial charge in [0.2, 0.25) is 0 Å². The molecule has 0 saturated heterocycles. The number of aromatic carboxylic acids is 1. The van der Waals surface area contributed by atoms with Crippen LogP contribution in [0.1, 0.15) is 15.4 Å². The fourth-order valence-corrected chi connectivity index (χ4v) is 1.96. The first-order valence-corrected chi connectivity index (χ1v) is 5.87. The Morgan fingerprint density at radius 1 is 1.47 bits per heavy atom. The van der Waals surface area contributed by atoms with Crippen LogP contribution in [0.2, 0.25) is 5.02 Å². The maximum atomic E-state index is 10.6. The van der Waals surface area contributed by atoms with Gasteiger partial charge in [-0.05, 0) is 35.8 Å². The van der Waals surface area contributed by atoms with Crippen molar-refractivity contribution in [2.45, 2.75) is 6.61 Å². The molecule has 17 heavy (non-hydrogen) atoms. The fourth-order valence-electron chi connectivity index (χ4n) is 1.19. The van der Waals surface area contributed by atoms with E-state index >= 15 is 0 Å². The lowest BCUT2D eigenvalue weighted by Crippen LogP contribution is -1.95. The first-order valence-electron chi connectivity index (χ1n) is 4.72. The Kier molecular flexibility index (Phi) is 3.61. The highest BCUT2D eigenvalue weighted by Crippen LogP contribution is 2.19. The molecular weight excluding hydrogens is 262 g/mol. The third-order valence-electron chi connectivity index (χ3n) is 1.95. The molecule has 1 aromatic carbocycles. The molecule has 0 aliphatic rings. The minimum atomic E-state index is -0.975. The van der Waals surface area contributed by atoms with Gasteiger partial charge in [-0.15, -0.1) is 0 Å². The number of benzene rings is 1.